The molecular formula is C33H46N4O5. The number of alkyl carbamates (subject to hydrolysis) is 1. The predicted octanol–water partition coefficient (Wildman–Crippen LogP) is 3.91. The van der Waals surface area contributed by atoms with Gasteiger partial charge in [-0.25, -0.2) is 4.79 Å². The van der Waals surface area contributed by atoms with Crippen LogP contribution in [0.25, 0.3) is 0 Å². The van der Waals surface area contributed by atoms with E-state index in [0.29, 0.717) is 64.8 Å². The average molecular weight is 579 g/mol. The molecule has 2 aliphatic rings. The van der Waals surface area contributed by atoms with E-state index in [0.717, 1.165) is 31.6 Å². The number of unbranched alkanes of at least 4 members (excludes halogenated alkanes) is 1. The third-order valence-corrected chi connectivity index (χ3v) is 8.33. The number of rotatable bonds is 15. The van der Waals surface area contributed by atoms with E-state index in [9.17, 15) is 14.4 Å². The zero-order valence-electron chi connectivity index (χ0n) is 24.9. The van der Waals surface area contributed by atoms with Gasteiger partial charge in [0.2, 0.25) is 11.8 Å². The van der Waals surface area contributed by atoms with Crippen LogP contribution in [-0.4, -0.2) is 85.2 Å². The Morgan fingerprint density at radius 3 is 2.33 bits per heavy atom. The highest BCUT2D eigenvalue weighted by molar-refractivity contribution is 6.00. The molecule has 2 fully saturated rings. The maximum absolute atomic E-state index is 13.8. The summed E-state index contributed by atoms with van der Waals surface area (Å²) < 4.78 is 10.8. The van der Waals surface area contributed by atoms with Crippen molar-refractivity contribution in [1.29, 1.82) is 0 Å². The van der Waals surface area contributed by atoms with Gasteiger partial charge in [0.1, 0.15) is 18.2 Å². The predicted molar refractivity (Wildman–Crippen MR) is 162 cm³/mol. The normalized spacial score (nSPS) is 18.6. The number of nitrogens with one attached hydrogen (secondary N) is 2. The zero-order valence-corrected chi connectivity index (χ0v) is 24.9. The lowest BCUT2D eigenvalue weighted by Crippen LogP contribution is -2.73. The van der Waals surface area contributed by atoms with E-state index in [2.05, 4.69) is 39.8 Å². The van der Waals surface area contributed by atoms with Crippen LogP contribution in [0.15, 0.2) is 60.7 Å². The Bertz CT molecular complexity index is 1120. The summed E-state index contributed by atoms with van der Waals surface area (Å²) >= 11 is 0. The molecule has 0 aromatic heterocycles. The minimum absolute atomic E-state index is 0.000867. The molecule has 9 heteroatoms. The summed E-state index contributed by atoms with van der Waals surface area (Å²) in [5.41, 5.74) is 1.44. The molecule has 3 amide bonds. The fraction of sp³-hybridized carbons (Fsp3) is 0.545. The van der Waals surface area contributed by atoms with E-state index < -0.39 is 17.7 Å². The van der Waals surface area contributed by atoms with Crippen LogP contribution in [0.1, 0.15) is 56.6 Å². The number of carbonyl (C=O) groups is 3. The van der Waals surface area contributed by atoms with Gasteiger partial charge in [0.15, 0.2) is 0 Å². The molecular weight excluding hydrogens is 532 g/mol. The number of benzene rings is 2. The van der Waals surface area contributed by atoms with Crippen LogP contribution in [0.2, 0.25) is 0 Å². The molecule has 1 atom stereocenters. The summed E-state index contributed by atoms with van der Waals surface area (Å²) in [6.45, 7) is 6.85. The van der Waals surface area contributed by atoms with Crippen molar-refractivity contribution in [2.24, 2.45) is 0 Å². The van der Waals surface area contributed by atoms with Crippen LogP contribution in [0, 0.1) is 0 Å². The number of ether oxygens (including phenoxy) is 2. The number of carbonyl (C=O) groups excluding carboxylic acids is 3. The molecule has 0 saturated carbocycles. The van der Waals surface area contributed by atoms with Crippen LogP contribution in [0.4, 0.5) is 4.79 Å². The van der Waals surface area contributed by atoms with Crippen molar-refractivity contribution in [3.63, 3.8) is 0 Å². The maximum atomic E-state index is 13.8. The Morgan fingerprint density at radius 1 is 0.952 bits per heavy atom. The Kier molecular flexibility index (Phi) is 12.2. The quantitative estimate of drug-likeness (QED) is 0.311. The summed E-state index contributed by atoms with van der Waals surface area (Å²) in [4.78, 5) is 43.7. The molecule has 1 spiro atoms. The molecule has 0 bridgehead atoms. The van der Waals surface area contributed by atoms with Crippen molar-refractivity contribution in [3.05, 3.63) is 71.8 Å². The third-order valence-electron chi connectivity index (χ3n) is 8.33. The first-order chi connectivity index (χ1) is 20.5. The molecule has 2 aliphatic heterocycles. The molecule has 0 unspecified atom stereocenters. The Hall–Kier alpha value is -3.43. The van der Waals surface area contributed by atoms with E-state index in [4.69, 9.17) is 9.47 Å². The summed E-state index contributed by atoms with van der Waals surface area (Å²) in [7, 11) is 0. The standard InChI is InChI=1S/C33H46N4O5/c1-2-41-25-11-21-37-30(38)29(16-9-10-20-34-32(40)42-26-28-14-7-4-8-15-28)35-31(39)33(37)18-23-36(24-19-33)22-17-27-12-5-3-6-13-27/h3-8,12-15,29H,2,9-11,16-26H2,1H3,(H,34,40)(H,35,39)/t29-/m0/s1. The smallest absolute Gasteiger partial charge is 0.407 e. The van der Waals surface area contributed by atoms with Crippen LogP contribution >= 0.6 is 0 Å². The van der Waals surface area contributed by atoms with Crippen LogP contribution in [-0.2, 0) is 32.1 Å². The van der Waals surface area contributed by atoms with Crippen molar-refractivity contribution in [2.75, 3.05) is 45.9 Å². The second-order valence-corrected chi connectivity index (χ2v) is 11.2. The minimum atomic E-state index is -0.799. The molecule has 4 rings (SSSR count). The van der Waals surface area contributed by atoms with Crippen molar-refractivity contribution in [3.8, 4) is 0 Å². The average Bonchev–Trinajstić information content (AvgIpc) is 3.02. The second-order valence-electron chi connectivity index (χ2n) is 11.2. The highest BCUT2D eigenvalue weighted by Gasteiger charge is 2.53. The summed E-state index contributed by atoms with van der Waals surface area (Å²) in [6.07, 6.45) is 4.40. The first kappa shape index (κ1) is 31.5. The van der Waals surface area contributed by atoms with Gasteiger partial charge in [-0.3, -0.25) is 9.59 Å². The lowest BCUT2D eigenvalue weighted by Gasteiger charge is -2.51. The molecule has 42 heavy (non-hydrogen) atoms. The summed E-state index contributed by atoms with van der Waals surface area (Å²) in [5, 5.41) is 5.85. The molecule has 0 aliphatic carbocycles. The summed E-state index contributed by atoms with van der Waals surface area (Å²) in [5.74, 6) is -0.0344. The first-order valence-corrected chi connectivity index (χ1v) is 15.4. The van der Waals surface area contributed by atoms with Crippen LogP contribution in [0.3, 0.4) is 0 Å². The fourth-order valence-corrected chi connectivity index (χ4v) is 5.88. The third kappa shape index (κ3) is 8.79. The molecule has 0 radical (unpaired) electrons. The summed E-state index contributed by atoms with van der Waals surface area (Å²) in [6, 6.07) is 19.4. The van der Waals surface area contributed by atoms with Crippen molar-refractivity contribution < 1.29 is 23.9 Å². The van der Waals surface area contributed by atoms with Gasteiger partial charge >= 0.3 is 6.09 Å². The topological polar surface area (TPSA) is 100 Å². The molecule has 9 nitrogen and oxygen atoms in total. The van der Waals surface area contributed by atoms with Gasteiger partial charge in [-0.05, 0) is 63.0 Å². The highest BCUT2D eigenvalue weighted by Crippen LogP contribution is 2.34. The monoisotopic (exact) mass is 578 g/mol. The van der Waals surface area contributed by atoms with Gasteiger partial charge in [0.05, 0.1) is 0 Å². The van der Waals surface area contributed by atoms with Crippen molar-refractivity contribution >= 4 is 17.9 Å². The number of hydrogen-bond acceptors (Lipinski definition) is 6. The van der Waals surface area contributed by atoms with E-state index in [1.54, 1.807) is 0 Å². The van der Waals surface area contributed by atoms with Gasteiger partial charge in [-0.2, -0.15) is 0 Å². The van der Waals surface area contributed by atoms with Gasteiger partial charge in [-0.1, -0.05) is 60.7 Å². The lowest BCUT2D eigenvalue weighted by molar-refractivity contribution is -0.161. The zero-order chi connectivity index (χ0) is 29.6. The molecule has 2 N–H and O–H groups in total. The molecule has 2 aromatic carbocycles. The van der Waals surface area contributed by atoms with Gasteiger partial charge in [-0.15, -0.1) is 0 Å². The Balaban J connectivity index is 1.25. The molecule has 228 valence electrons. The van der Waals surface area contributed by atoms with Crippen molar-refractivity contribution in [1.82, 2.24) is 20.4 Å². The highest BCUT2D eigenvalue weighted by atomic mass is 16.5. The van der Waals surface area contributed by atoms with E-state index >= 15 is 0 Å². The van der Waals surface area contributed by atoms with Gasteiger partial charge in [0.25, 0.3) is 0 Å². The molecule has 2 aromatic rings. The van der Waals surface area contributed by atoms with Gasteiger partial charge < -0.3 is 29.9 Å². The lowest BCUT2D eigenvalue weighted by atomic mass is 9.81. The maximum Gasteiger partial charge on any atom is 0.407 e. The molecule has 2 saturated heterocycles. The van der Waals surface area contributed by atoms with E-state index in [1.807, 2.05) is 48.2 Å². The number of hydrogen-bond donors (Lipinski definition) is 2. The fourth-order valence-electron chi connectivity index (χ4n) is 5.88. The van der Waals surface area contributed by atoms with Gasteiger partial charge in [0, 0.05) is 45.9 Å². The first-order valence-electron chi connectivity index (χ1n) is 15.4. The number of likely N-dealkylation sites (tertiary alicyclic amines) is 1. The minimum Gasteiger partial charge on any atom is -0.445 e. The number of piperazine rings is 1. The second kappa shape index (κ2) is 16.3. The number of amides is 3. The van der Waals surface area contributed by atoms with Crippen LogP contribution < -0.4 is 10.6 Å². The Morgan fingerprint density at radius 2 is 1.64 bits per heavy atom. The van der Waals surface area contributed by atoms with E-state index in [-0.39, 0.29) is 18.4 Å². The van der Waals surface area contributed by atoms with E-state index in [1.165, 1.54) is 5.56 Å². The molecule has 2 heterocycles. The van der Waals surface area contributed by atoms with Crippen molar-refractivity contribution in [2.45, 2.75) is 70.1 Å². The van der Waals surface area contributed by atoms with Crippen LogP contribution in [0.5, 0.6) is 0 Å². The Labute approximate surface area is 249 Å². The largest absolute Gasteiger partial charge is 0.445 e. The SMILES string of the molecule is CCOCCCN1C(=O)[C@H](CCCCNC(=O)OCc2ccccc2)NC(=O)C12CCN(CCc1ccccc1)CC2. The number of piperidine rings is 1. The number of nitrogens with zero attached hydrogens (tertiary/aromatic N) is 2.